The lowest BCUT2D eigenvalue weighted by Gasteiger charge is -2.11. The minimum Gasteiger partial charge on any atom is -0.463 e. The van der Waals surface area contributed by atoms with Gasteiger partial charge in [-0.2, -0.15) is 5.10 Å². The number of nitrogens with zero attached hydrogens (tertiary/aromatic N) is 2. The van der Waals surface area contributed by atoms with Gasteiger partial charge in [0, 0.05) is 6.07 Å². The van der Waals surface area contributed by atoms with Gasteiger partial charge in [0.25, 0.3) is 5.91 Å². The monoisotopic (exact) mass is 324 g/mol. The predicted molar refractivity (Wildman–Crippen MR) is 87.4 cm³/mol. The maximum absolute atomic E-state index is 12.5. The number of rotatable bonds is 5. The fraction of sp³-hybridized carbons (Fsp3) is 0.118. The van der Waals surface area contributed by atoms with Gasteiger partial charge >= 0.3 is 0 Å². The van der Waals surface area contributed by atoms with E-state index in [2.05, 4.69) is 10.4 Å². The van der Waals surface area contributed by atoms with Crippen molar-refractivity contribution in [1.29, 1.82) is 0 Å². The van der Waals surface area contributed by atoms with Crippen molar-refractivity contribution in [2.75, 3.05) is 0 Å². The number of aromatic nitrogens is 2. The molecule has 3 aromatic rings. The Kier molecular flexibility index (Phi) is 4.15. The number of furan rings is 1. The van der Waals surface area contributed by atoms with E-state index in [4.69, 9.17) is 10.2 Å². The lowest BCUT2D eigenvalue weighted by atomic mass is 10.2. The summed E-state index contributed by atoms with van der Waals surface area (Å²) in [7, 11) is 0. The van der Waals surface area contributed by atoms with Crippen LogP contribution in [-0.2, 0) is 4.79 Å². The number of carbonyl (C=O) groups is 2. The van der Waals surface area contributed by atoms with Crippen LogP contribution in [-0.4, -0.2) is 27.6 Å². The molecule has 2 amide bonds. The van der Waals surface area contributed by atoms with Gasteiger partial charge in [0.05, 0.1) is 12.0 Å². The van der Waals surface area contributed by atoms with Gasteiger partial charge in [0.1, 0.15) is 17.4 Å². The van der Waals surface area contributed by atoms with Crippen molar-refractivity contribution in [3.63, 3.8) is 0 Å². The van der Waals surface area contributed by atoms with Gasteiger partial charge in [-0.25, -0.2) is 4.68 Å². The maximum Gasteiger partial charge on any atom is 0.270 e. The molecule has 0 unspecified atom stereocenters. The highest BCUT2D eigenvalue weighted by molar-refractivity contribution is 5.97. The second-order valence-corrected chi connectivity index (χ2v) is 5.24. The van der Waals surface area contributed by atoms with E-state index in [-0.39, 0.29) is 5.69 Å². The molecule has 7 heteroatoms. The largest absolute Gasteiger partial charge is 0.463 e. The molecule has 0 aliphatic heterocycles. The minimum atomic E-state index is -0.788. The Morgan fingerprint density at radius 3 is 2.58 bits per heavy atom. The molecule has 0 saturated carbocycles. The quantitative estimate of drug-likeness (QED) is 0.746. The van der Waals surface area contributed by atoms with Crippen LogP contribution >= 0.6 is 0 Å². The van der Waals surface area contributed by atoms with Crippen molar-refractivity contribution >= 4 is 11.8 Å². The summed E-state index contributed by atoms with van der Waals surface area (Å²) >= 11 is 0. The summed E-state index contributed by atoms with van der Waals surface area (Å²) in [5.41, 5.74) is 6.71. The van der Waals surface area contributed by atoms with Gasteiger partial charge in [-0.3, -0.25) is 9.59 Å². The number of hydrogen-bond donors (Lipinski definition) is 2. The Morgan fingerprint density at radius 1 is 1.21 bits per heavy atom. The number of nitrogens with one attached hydrogen (secondary N) is 1. The summed E-state index contributed by atoms with van der Waals surface area (Å²) in [5, 5.41) is 7.00. The summed E-state index contributed by atoms with van der Waals surface area (Å²) < 4.78 is 6.84. The molecule has 0 fully saturated rings. The lowest BCUT2D eigenvalue weighted by molar-refractivity contribution is -0.119. The number of benzene rings is 1. The molecule has 0 bridgehead atoms. The Labute approximate surface area is 138 Å². The van der Waals surface area contributed by atoms with E-state index in [1.165, 1.54) is 17.9 Å². The Hall–Kier alpha value is -3.35. The van der Waals surface area contributed by atoms with E-state index in [0.717, 1.165) is 0 Å². The van der Waals surface area contributed by atoms with Crippen LogP contribution in [0.4, 0.5) is 0 Å². The maximum atomic E-state index is 12.5. The molecule has 122 valence electrons. The number of nitrogens with two attached hydrogens (primary N) is 1. The molecule has 0 spiro atoms. The average molecular weight is 324 g/mol. The molecule has 24 heavy (non-hydrogen) atoms. The first-order chi connectivity index (χ1) is 11.6. The Morgan fingerprint density at radius 2 is 1.96 bits per heavy atom. The summed E-state index contributed by atoms with van der Waals surface area (Å²) in [5.74, 6) is -0.516. The van der Waals surface area contributed by atoms with Crippen LogP contribution < -0.4 is 11.1 Å². The smallest absolute Gasteiger partial charge is 0.270 e. The molecule has 0 aliphatic rings. The highest BCUT2D eigenvalue weighted by atomic mass is 16.3. The number of primary amides is 1. The van der Waals surface area contributed by atoms with Crippen LogP contribution in [0.25, 0.3) is 17.1 Å². The van der Waals surface area contributed by atoms with E-state index in [9.17, 15) is 9.59 Å². The zero-order valence-corrected chi connectivity index (χ0v) is 13.0. The molecular formula is C17H16N4O3. The van der Waals surface area contributed by atoms with Crippen molar-refractivity contribution in [1.82, 2.24) is 15.1 Å². The molecule has 3 rings (SSSR count). The third-order valence-electron chi connectivity index (χ3n) is 3.49. The van der Waals surface area contributed by atoms with Gasteiger partial charge in [-0.1, -0.05) is 18.2 Å². The summed E-state index contributed by atoms with van der Waals surface area (Å²) in [6.07, 6.45) is 1.53. The number of carbonyl (C=O) groups excluding carboxylic acids is 2. The zero-order valence-electron chi connectivity index (χ0n) is 13.0. The van der Waals surface area contributed by atoms with Gasteiger partial charge in [0.15, 0.2) is 5.76 Å². The van der Waals surface area contributed by atoms with Gasteiger partial charge in [-0.05, 0) is 31.2 Å². The van der Waals surface area contributed by atoms with Crippen molar-refractivity contribution in [2.24, 2.45) is 5.73 Å². The Bertz CT molecular complexity index is 853. The van der Waals surface area contributed by atoms with Crippen LogP contribution in [0, 0.1) is 0 Å². The first kappa shape index (κ1) is 15.5. The van der Waals surface area contributed by atoms with Gasteiger partial charge < -0.3 is 15.5 Å². The zero-order chi connectivity index (χ0) is 17.1. The van der Waals surface area contributed by atoms with Crippen LogP contribution in [0.5, 0.6) is 0 Å². The van der Waals surface area contributed by atoms with Crippen LogP contribution in [0.3, 0.4) is 0 Å². The predicted octanol–water partition coefficient (Wildman–Crippen LogP) is 1.74. The van der Waals surface area contributed by atoms with Crippen molar-refractivity contribution in [3.05, 3.63) is 60.5 Å². The number of amides is 2. The lowest BCUT2D eigenvalue weighted by Crippen LogP contribution is -2.42. The normalized spacial score (nSPS) is 11.9. The third kappa shape index (κ3) is 3.05. The number of para-hydroxylation sites is 1. The van der Waals surface area contributed by atoms with Gasteiger partial charge in [-0.15, -0.1) is 0 Å². The average Bonchev–Trinajstić information content (AvgIpc) is 3.24. The van der Waals surface area contributed by atoms with Gasteiger partial charge in [0.2, 0.25) is 5.91 Å². The summed E-state index contributed by atoms with van der Waals surface area (Å²) in [6.45, 7) is 1.52. The van der Waals surface area contributed by atoms with Crippen molar-refractivity contribution in [2.45, 2.75) is 13.0 Å². The molecule has 2 aromatic heterocycles. The Balaban J connectivity index is 2.03. The topological polar surface area (TPSA) is 103 Å². The fourth-order valence-corrected chi connectivity index (χ4v) is 2.20. The van der Waals surface area contributed by atoms with E-state index >= 15 is 0 Å². The first-order valence-corrected chi connectivity index (χ1v) is 7.36. The third-order valence-corrected chi connectivity index (χ3v) is 3.49. The van der Waals surface area contributed by atoms with Crippen molar-refractivity contribution in [3.8, 4) is 17.1 Å². The molecule has 1 atom stereocenters. The van der Waals surface area contributed by atoms with Crippen LogP contribution in [0.2, 0.25) is 0 Å². The molecule has 1 aromatic carbocycles. The van der Waals surface area contributed by atoms with Crippen LogP contribution in [0.15, 0.2) is 59.2 Å². The minimum absolute atomic E-state index is 0.278. The SMILES string of the molecule is C[C@H](NC(=O)c1cc(-c2ccco2)nn1-c1ccccc1)C(N)=O. The molecule has 3 N–H and O–H groups in total. The van der Waals surface area contributed by atoms with E-state index in [1.54, 1.807) is 18.2 Å². The van der Waals surface area contributed by atoms with Crippen LogP contribution in [0.1, 0.15) is 17.4 Å². The molecule has 2 heterocycles. The highest BCUT2D eigenvalue weighted by Crippen LogP contribution is 2.22. The standard InChI is InChI=1S/C17H16N4O3/c1-11(16(18)22)19-17(23)14-10-13(15-8-5-9-24-15)20-21(14)12-6-3-2-4-7-12/h2-11H,1H3,(H2,18,22)(H,19,23)/t11-/m0/s1. The van der Waals surface area contributed by atoms with E-state index in [0.29, 0.717) is 17.1 Å². The molecule has 0 radical (unpaired) electrons. The molecule has 0 aliphatic carbocycles. The second kappa shape index (κ2) is 6.41. The van der Waals surface area contributed by atoms with Crippen molar-refractivity contribution < 1.29 is 14.0 Å². The number of hydrogen-bond acceptors (Lipinski definition) is 4. The summed E-state index contributed by atoms with van der Waals surface area (Å²) in [6, 6.07) is 13.5. The van der Waals surface area contributed by atoms with E-state index < -0.39 is 17.9 Å². The molecule has 0 saturated heterocycles. The second-order valence-electron chi connectivity index (χ2n) is 5.24. The summed E-state index contributed by atoms with van der Waals surface area (Å²) in [4.78, 5) is 23.7. The molecule has 7 nitrogen and oxygen atoms in total. The highest BCUT2D eigenvalue weighted by Gasteiger charge is 2.21. The first-order valence-electron chi connectivity index (χ1n) is 7.36. The van der Waals surface area contributed by atoms with E-state index in [1.807, 2.05) is 30.3 Å². The fourth-order valence-electron chi connectivity index (χ4n) is 2.20. The molecular weight excluding hydrogens is 308 g/mol.